The van der Waals surface area contributed by atoms with Crippen LogP contribution < -0.4 is 11.0 Å². The fraction of sp³-hybridized carbons (Fsp3) is 0.250. The third kappa shape index (κ3) is 3.24. The SMILES string of the molecule is C[C@H](NC(=O)Cn1cn[nH]c1=O)c1ccc(Cl)c(F)c1. The maximum Gasteiger partial charge on any atom is 0.343 e. The number of nitrogens with one attached hydrogen (secondary N) is 2. The Labute approximate surface area is 118 Å². The van der Waals surface area contributed by atoms with E-state index < -0.39 is 17.5 Å². The number of carbonyl (C=O) groups is 1. The Morgan fingerprint density at radius 2 is 2.35 bits per heavy atom. The third-order valence-electron chi connectivity index (χ3n) is 2.75. The van der Waals surface area contributed by atoms with E-state index in [0.29, 0.717) is 5.56 Å². The standard InChI is InChI=1S/C12H12ClFN4O2/c1-7(8-2-3-9(13)10(14)4-8)16-11(19)5-18-6-15-17-12(18)20/h2-4,6-7H,5H2,1H3,(H,16,19)(H,17,20)/t7-/m0/s1. The summed E-state index contributed by atoms with van der Waals surface area (Å²) in [4.78, 5) is 23.0. The largest absolute Gasteiger partial charge is 0.348 e. The highest BCUT2D eigenvalue weighted by Crippen LogP contribution is 2.19. The number of halogens is 2. The molecule has 0 radical (unpaired) electrons. The smallest absolute Gasteiger partial charge is 0.343 e. The lowest BCUT2D eigenvalue weighted by Gasteiger charge is -2.14. The summed E-state index contributed by atoms with van der Waals surface area (Å²) in [7, 11) is 0. The molecule has 106 valence electrons. The van der Waals surface area contributed by atoms with Crippen molar-refractivity contribution >= 4 is 17.5 Å². The minimum absolute atomic E-state index is 0.0252. The Morgan fingerprint density at radius 3 is 2.95 bits per heavy atom. The Kier molecular flexibility index (Phi) is 4.19. The third-order valence-corrected chi connectivity index (χ3v) is 3.06. The molecule has 2 rings (SSSR count). The molecule has 0 spiro atoms. The minimum Gasteiger partial charge on any atom is -0.348 e. The van der Waals surface area contributed by atoms with Crippen molar-refractivity contribution < 1.29 is 9.18 Å². The molecule has 8 heteroatoms. The normalized spacial score (nSPS) is 12.2. The summed E-state index contributed by atoms with van der Waals surface area (Å²) >= 11 is 5.59. The molecule has 20 heavy (non-hydrogen) atoms. The number of hydrogen-bond acceptors (Lipinski definition) is 3. The van der Waals surface area contributed by atoms with Crippen molar-refractivity contribution in [2.45, 2.75) is 19.5 Å². The van der Waals surface area contributed by atoms with E-state index in [9.17, 15) is 14.0 Å². The number of aromatic nitrogens is 3. The van der Waals surface area contributed by atoms with Gasteiger partial charge < -0.3 is 5.32 Å². The quantitative estimate of drug-likeness (QED) is 0.891. The molecule has 0 bridgehead atoms. The molecule has 0 saturated carbocycles. The van der Waals surface area contributed by atoms with E-state index in [1.165, 1.54) is 18.5 Å². The van der Waals surface area contributed by atoms with E-state index in [1.807, 2.05) is 0 Å². The summed E-state index contributed by atoms with van der Waals surface area (Å²) in [5.41, 5.74) is 0.116. The summed E-state index contributed by atoms with van der Waals surface area (Å²) in [5.74, 6) is -0.923. The molecule has 2 aromatic rings. The number of H-pyrrole nitrogens is 1. The van der Waals surface area contributed by atoms with Gasteiger partial charge in [0.25, 0.3) is 0 Å². The van der Waals surface area contributed by atoms with Crippen LogP contribution in [-0.4, -0.2) is 20.7 Å². The van der Waals surface area contributed by atoms with Crippen LogP contribution in [0.3, 0.4) is 0 Å². The topological polar surface area (TPSA) is 79.8 Å². The molecule has 0 fully saturated rings. The molecule has 1 aromatic carbocycles. The van der Waals surface area contributed by atoms with Crippen LogP contribution in [0.25, 0.3) is 0 Å². The maximum atomic E-state index is 13.3. The van der Waals surface area contributed by atoms with Crippen molar-refractivity contribution in [2.24, 2.45) is 0 Å². The fourth-order valence-corrected chi connectivity index (χ4v) is 1.81. The highest BCUT2D eigenvalue weighted by atomic mass is 35.5. The lowest BCUT2D eigenvalue weighted by Crippen LogP contribution is -2.32. The molecule has 1 aromatic heterocycles. The predicted molar refractivity (Wildman–Crippen MR) is 70.8 cm³/mol. The second-order valence-corrected chi connectivity index (χ2v) is 4.66. The van der Waals surface area contributed by atoms with E-state index in [1.54, 1.807) is 13.0 Å². The second-order valence-electron chi connectivity index (χ2n) is 4.25. The lowest BCUT2D eigenvalue weighted by atomic mass is 10.1. The molecule has 1 amide bonds. The highest BCUT2D eigenvalue weighted by molar-refractivity contribution is 6.30. The average Bonchev–Trinajstić information content (AvgIpc) is 2.78. The van der Waals surface area contributed by atoms with E-state index in [2.05, 4.69) is 15.5 Å². The minimum atomic E-state index is -0.545. The van der Waals surface area contributed by atoms with E-state index in [0.717, 1.165) is 4.57 Å². The Hall–Kier alpha value is -2.15. The number of aromatic amines is 1. The van der Waals surface area contributed by atoms with Gasteiger partial charge in [0.2, 0.25) is 5.91 Å². The van der Waals surface area contributed by atoms with Gasteiger partial charge >= 0.3 is 5.69 Å². The molecule has 1 atom stereocenters. The molecule has 0 aliphatic heterocycles. The number of benzene rings is 1. The van der Waals surface area contributed by atoms with Gasteiger partial charge in [0, 0.05) is 0 Å². The first-order chi connectivity index (χ1) is 9.47. The Balaban J connectivity index is 2.02. The zero-order valence-corrected chi connectivity index (χ0v) is 11.3. The number of nitrogens with zero attached hydrogens (tertiary/aromatic N) is 2. The van der Waals surface area contributed by atoms with Gasteiger partial charge in [0.15, 0.2) is 0 Å². The summed E-state index contributed by atoms with van der Waals surface area (Å²) in [5, 5.41) is 8.38. The van der Waals surface area contributed by atoms with Gasteiger partial charge in [-0.1, -0.05) is 17.7 Å². The molecular formula is C12H12ClFN4O2. The number of rotatable bonds is 4. The average molecular weight is 299 g/mol. The second kappa shape index (κ2) is 5.87. The predicted octanol–water partition coefficient (Wildman–Crippen LogP) is 1.24. The number of carbonyl (C=O) groups excluding carboxylic acids is 1. The van der Waals surface area contributed by atoms with Crippen molar-refractivity contribution in [1.82, 2.24) is 20.1 Å². The van der Waals surface area contributed by atoms with Crippen LogP contribution in [0, 0.1) is 5.82 Å². The Morgan fingerprint density at radius 1 is 1.60 bits per heavy atom. The zero-order valence-electron chi connectivity index (χ0n) is 10.6. The molecule has 0 aliphatic rings. The van der Waals surface area contributed by atoms with Gasteiger partial charge in [-0.25, -0.2) is 14.3 Å². The Bertz CT molecular complexity index is 682. The van der Waals surface area contributed by atoms with Gasteiger partial charge in [-0.15, -0.1) is 0 Å². The zero-order chi connectivity index (χ0) is 14.7. The van der Waals surface area contributed by atoms with Crippen LogP contribution in [0.15, 0.2) is 29.3 Å². The summed E-state index contributed by atoms with van der Waals surface area (Å²) in [6.07, 6.45) is 1.23. The number of amides is 1. The highest BCUT2D eigenvalue weighted by Gasteiger charge is 2.12. The number of hydrogen-bond donors (Lipinski definition) is 2. The fourth-order valence-electron chi connectivity index (χ4n) is 1.69. The first-order valence-electron chi connectivity index (χ1n) is 5.81. The van der Waals surface area contributed by atoms with Crippen molar-refractivity contribution in [2.75, 3.05) is 0 Å². The van der Waals surface area contributed by atoms with Gasteiger partial charge in [-0.2, -0.15) is 5.10 Å². The van der Waals surface area contributed by atoms with Gasteiger partial charge in [-0.05, 0) is 24.6 Å². The molecule has 0 unspecified atom stereocenters. The van der Waals surface area contributed by atoms with Crippen LogP contribution in [0.4, 0.5) is 4.39 Å². The van der Waals surface area contributed by atoms with Crippen molar-refractivity contribution in [3.8, 4) is 0 Å². The molecule has 0 aliphatic carbocycles. The van der Waals surface area contributed by atoms with Crippen LogP contribution >= 0.6 is 11.6 Å². The van der Waals surface area contributed by atoms with E-state index >= 15 is 0 Å². The van der Waals surface area contributed by atoms with Crippen LogP contribution in [0.1, 0.15) is 18.5 Å². The van der Waals surface area contributed by atoms with Gasteiger partial charge in [-0.3, -0.25) is 9.36 Å². The summed E-state index contributed by atoms with van der Waals surface area (Å²) in [6.45, 7) is 1.55. The molecule has 6 nitrogen and oxygen atoms in total. The lowest BCUT2D eigenvalue weighted by molar-refractivity contribution is -0.122. The first kappa shape index (κ1) is 14.3. The van der Waals surface area contributed by atoms with Crippen molar-refractivity contribution in [1.29, 1.82) is 0 Å². The van der Waals surface area contributed by atoms with Gasteiger partial charge in [0.05, 0.1) is 11.1 Å². The molecule has 2 N–H and O–H groups in total. The molecule has 1 heterocycles. The van der Waals surface area contributed by atoms with Gasteiger partial charge in [0.1, 0.15) is 18.7 Å². The summed E-state index contributed by atoms with van der Waals surface area (Å²) in [6, 6.07) is 3.91. The van der Waals surface area contributed by atoms with E-state index in [4.69, 9.17) is 11.6 Å². The first-order valence-corrected chi connectivity index (χ1v) is 6.19. The van der Waals surface area contributed by atoms with Crippen LogP contribution in [0.5, 0.6) is 0 Å². The summed E-state index contributed by atoms with van der Waals surface area (Å²) < 4.78 is 14.5. The maximum absolute atomic E-state index is 13.3. The van der Waals surface area contributed by atoms with Crippen LogP contribution in [0.2, 0.25) is 5.02 Å². The molecular weight excluding hydrogens is 287 g/mol. The van der Waals surface area contributed by atoms with Crippen molar-refractivity contribution in [3.05, 3.63) is 51.4 Å². The monoisotopic (exact) mass is 298 g/mol. The van der Waals surface area contributed by atoms with E-state index in [-0.39, 0.29) is 17.5 Å². The van der Waals surface area contributed by atoms with Crippen LogP contribution in [-0.2, 0) is 11.3 Å². The van der Waals surface area contributed by atoms with Crippen molar-refractivity contribution in [3.63, 3.8) is 0 Å². The molecule has 0 saturated heterocycles.